The van der Waals surface area contributed by atoms with Gasteiger partial charge in [-0.3, -0.25) is 0 Å². The number of fused-ring (bicyclic) bond motifs is 1. The molecule has 2 aromatic rings. The molecular weight excluding hydrogens is 302 g/mol. The average molecular weight is 315 g/mol. The van der Waals surface area contributed by atoms with Crippen LogP contribution in [0.3, 0.4) is 0 Å². The molecule has 3 heterocycles. The van der Waals surface area contributed by atoms with Crippen molar-refractivity contribution in [2.75, 3.05) is 6.54 Å². The maximum Gasteiger partial charge on any atom is 0.252 e. The van der Waals surface area contributed by atoms with Crippen LogP contribution in [0.1, 0.15) is 15.3 Å². The Morgan fingerprint density at radius 2 is 2.16 bits per heavy atom. The highest BCUT2D eigenvalue weighted by molar-refractivity contribution is 7.91. The third kappa shape index (κ3) is 2.36. The normalized spacial score (nSPS) is 16.5. The average Bonchev–Trinajstić information content (AvgIpc) is 3.06. The molecular formula is C12H13NO3S3. The smallest absolute Gasteiger partial charge is 0.252 e. The van der Waals surface area contributed by atoms with Crippen LogP contribution in [-0.2, 0) is 29.6 Å². The molecule has 4 nitrogen and oxygen atoms in total. The molecule has 0 bridgehead atoms. The molecule has 0 aliphatic carbocycles. The van der Waals surface area contributed by atoms with Gasteiger partial charge in [-0.15, -0.1) is 22.7 Å². The van der Waals surface area contributed by atoms with E-state index in [2.05, 4.69) is 0 Å². The van der Waals surface area contributed by atoms with E-state index in [0.29, 0.717) is 22.2 Å². The fourth-order valence-electron chi connectivity index (χ4n) is 2.14. The van der Waals surface area contributed by atoms with Gasteiger partial charge in [0.15, 0.2) is 0 Å². The first-order valence-electron chi connectivity index (χ1n) is 5.86. The van der Waals surface area contributed by atoms with Crippen molar-refractivity contribution in [2.24, 2.45) is 0 Å². The van der Waals surface area contributed by atoms with Gasteiger partial charge in [0.2, 0.25) is 0 Å². The molecule has 19 heavy (non-hydrogen) atoms. The first-order valence-corrected chi connectivity index (χ1v) is 9.00. The van der Waals surface area contributed by atoms with E-state index in [1.807, 2.05) is 11.4 Å². The monoisotopic (exact) mass is 315 g/mol. The van der Waals surface area contributed by atoms with E-state index in [4.69, 9.17) is 5.11 Å². The summed E-state index contributed by atoms with van der Waals surface area (Å²) in [5, 5.41) is 11.0. The Morgan fingerprint density at radius 1 is 1.32 bits per heavy atom. The maximum atomic E-state index is 12.5. The van der Waals surface area contributed by atoms with Crippen molar-refractivity contribution in [2.45, 2.75) is 23.8 Å². The summed E-state index contributed by atoms with van der Waals surface area (Å²) in [6, 6.07) is 5.24. The van der Waals surface area contributed by atoms with E-state index < -0.39 is 10.0 Å². The second-order valence-corrected chi connectivity index (χ2v) is 8.67. The second kappa shape index (κ2) is 4.99. The number of hydrogen-bond donors (Lipinski definition) is 1. The summed E-state index contributed by atoms with van der Waals surface area (Å²) in [6.07, 6.45) is 0.782. The number of aliphatic hydroxyl groups excluding tert-OH is 1. The lowest BCUT2D eigenvalue weighted by atomic mass is 10.1. The van der Waals surface area contributed by atoms with Crippen LogP contribution in [0.4, 0.5) is 0 Å². The Balaban J connectivity index is 1.89. The molecule has 1 N–H and O–H groups in total. The maximum absolute atomic E-state index is 12.5. The van der Waals surface area contributed by atoms with Gasteiger partial charge in [-0.05, 0) is 35.6 Å². The minimum Gasteiger partial charge on any atom is -0.391 e. The second-order valence-electron chi connectivity index (χ2n) is 4.34. The molecule has 3 rings (SSSR count). The standard InChI is InChI=1S/C12H13NO3S3/c14-8-10-1-2-12(18-10)19(15,16)13-5-3-11-9(7-13)4-6-17-11/h1-2,4,6,14H,3,5,7-8H2. The van der Waals surface area contributed by atoms with E-state index in [9.17, 15) is 8.42 Å². The SMILES string of the molecule is O=S(=O)(c1ccc(CO)s1)N1CCc2sccc2C1. The lowest BCUT2D eigenvalue weighted by molar-refractivity contribution is 0.285. The molecule has 0 fully saturated rings. The number of nitrogens with zero attached hydrogens (tertiary/aromatic N) is 1. The van der Waals surface area contributed by atoms with Crippen molar-refractivity contribution in [1.29, 1.82) is 0 Å². The molecule has 1 aliphatic heterocycles. The molecule has 0 atom stereocenters. The topological polar surface area (TPSA) is 57.6 Å². The molecule has 102 valence electrons. The first kappa shape index (κ1) is 13.3. The van der Waals surface area contributed by atoms with E-state index in [1.54, 1.807) is 23.5 Å². The fraction of sp³-hybridized carbons (Fsp3) is 0.333. The molecule has 0 radical (unpaired) electrons. The summed E-state index contributed by atoms with van der Waals surface area (Å²) in [5.74, 6) is 0. The van der Waals surface area contributed by atoms with Crippen molar-refractivity contribution < 1.29 is 13.5 Å². The molecule has 0 saturated heterocycles. The number of hydrogen-bond acceptors (Lipinski definition) is 5. The molecule has 0 aromatic carbocycles. The van der Waals surface area contributed by atoms with Crippen LogP contribution in [0.2, 0.25) is 0 Å². The molecule has 0 amide bonds. The van der Waals surface area contributed by atoms with Gasteiger partial charge in [0, 0.05) is 22.8 Å². The van der Waals surface area contributed by atoms with E-state index in [-0.39, 0.29) is 6.61 Å². The Morgan fingerprint density at radius 3 is 2.89 bits per heavy atom. The zero-order valence-electron chi connectivity index (χ0n) is 10.1. The highest BCUT2D eigenvalue weighted by Crippen LogP contribution is 2.30. The highest BCUT2D eigenvalue weighted by Gasteiger charge is 2.29. The summed E-state index contributed by atoms with van der Waals surface area (Å²) in [6.45, 7) is 0.866. The third-order valence-electron chi connectivity index (χ3n) is 3.16. The fourth-order valence-corrected chi connectivity index (χ4v) is 5.82. The van der Waals surface area contributed by atoms with Gasteiger partial charge in [0.1, 0.15) is 4.21 Å². The number of rotatable bonds is 3. The molecule has 7 heteroatoms. The highest BCUT2D eigenvalue weighted by atomic mass is 32.2. The predicted octanol–water partition coefficient (Wildman–Crippen LogP) is 2.05. The number of sulfonamides is 1. The van der Waals surface area contributed by atoms with Crippen molar-refractivity contribution in [3.05, 3.63) is 38.9 Å². The first-order chi connectivity index (χ1) is 9.11. The number of aliphatic hydroxyl groups is 1. The van der Waals surface area contributed by atoms with Crippen molar-refractivity contribution in [3.8, 4) is 0 Å². The van der Waals surface area contributed by atoms with Crippen LogP contribution >= 0.6 is 22.7 Å². The quantitative estimate of drug-likeness (QED) is 0.943. The predicted molar refractivity (Wildman–Crippen MR) is 75.9 cm³/mol. The molecule has 2 aromatic heterocycles. The van der Waals surface area contributed by atoms with Gasteiger partial charge in [-0.1, -0.05) is 0 Å². The van der Waals surface area contributed by atoms with Crippen LogP contribution in [0, 0.1) is 0 Å². The Hall–Kier alpha value is -0.730. The Kier molecular flexibility index (Phi) is 3.48. The lowest BCUT2D eigenvalue weighted by Gasteiger charge is -2.25. The zero-order valence-corrected chi connectivity index (χ0v) is 12.5. The van der Waals surface area contributed by atoms with E-state index in [1.165, 1.54) is 9.18 Å². The van der Waals surface area contributed by atoms with E-state index in [0.717, 1.165) is 23.3 Å². The van der Waals surface area contributed by atoms with Gasteiger partial charge in [-0.2, -0.15) is 4.31 Å². The van der Waals surface area contributed by atoms with Crippen molar-refractivity contribution in [1.82, 2.24) is 4.31 Å². The molecule has 0 saturated carbocycles. The van der Waals surface area contributed by atoms with Crippen LogP contribution < -0.4 is 0 Å². The Bertz CT molecular complexity index is 687. The Labute approximate surface area is 120 Å². The molecule has 0 spiro atoms. The summed E-state index contributed by atoms with van der Waals surface area (Å²) >= 11 is 2.83. The van der Waals surface area contributed by atoms with E-state index >= 15 is 0 Å². The van der Waals surface area contributed by atoms with Gasteiger partial charge in [0.05, 0.1) is 6.61 Å². The van der Waals surface area contributed by atoms with Crippen LogP contribution in [0.5, 0.6) is 0 Å². The summed E-state index contributed by atoms with van der Waals surface area (Å²) in [4.78, 5) is 1.96. The minimum atomic E-state index is -3.43. The minimum absolute atomic E-state index is 0.116. The van der Waals surface area contributed by atoms with Crippen molar-refractivity contribution >= 4 is 32.7 Å². The third-order valence-corrected chi connectivity index (χ3v) is 7.57. The molecule has 1 aliphatic rings. The summed E-state index contributed by atoms with van der Waals surface area (Å²) in [7, 11) is -3.43. The molecule has 0 unspecified atom stereocenters. The van der Waals surface area contributed by atoms with Crippen LogP contribution in [0.15, 0.2) is 27.8 Å². The largest absolute Gasteiger partial charge is 0.391 e. The zero-order chi connectivity index (χ0) is 13.5. The van der Waals surface area contributed by atoms with Crippen LogP contribution in [0.25, 0.3) is 0 Å². The van der Waals surface area contributed by atoms with Crippen LogP contribution in [-0.4, -0.2) is 24.4 Å². The van der Waals surface area contributed by atoms with Crippen molar-refractivity contribution in [3.63, 3.8) is 0 Å². The number of thiophene rings is 2. The van der Waals surface area contributed by atoms with Gasteiger partial charge >= 0.3 is 0 Å². The van der Waals surface area contributed by atoms with Gasteiger partial charge in [0.25, 0.3) is 10.0 Å². The van der Waals surface area contributed by atoms with Gasteiger partial charge < -0.3 is 5.11 Å². The summed E-state index contributed by atoms with van der Waals surface area (Å²) in [5.41, 5.74) is 1.11. The van der Waals surface area contributed by atoms with Gasteiger partial charge in [-0.25, -0.2) is 8.42 Å². The summed E-state index contributed by atoms with van der Waals surface area (Å²) < 4.78 is 26.9. The lowest BCUT2D eigenvalue weighted by Crippen LogP contribution is -2.34.